The van der Waals surface area contributed by atoms with Crippen molar-refractivity contribution in [3.63, 3.8) is 0 Å². The highest BCUT2D eigenvalue weighted by Crippen LogP contribution is 2.09. The van der Waals surface area contributed by atoms with Gasteiger partial charge in [-0.25, -0.2) is 0 Å². The van der Waals surface area contributed by atoms with Gasteiger partial charge < -0.3 is 15.8 Å². The smallest absolute Gasteiger partial charge is 0.220 e. The molecule has 0 fully saturated rings. The maximum Gasteiger partial charge on any atom is 0.220 e. The van der Waals surface area contributed by atoms with Crippen LogP contribution in [-0.4, -0.2) is 32.2 Å². The number of rotatable bonds is 10. The second kappa shape index (κ2) is 10.5. The third-order valence-corrected chi connectivity index (χ3v) is 3.04. The highest BCUT2D eigenvalue weighted by Gasteiger charge is 2.10. The fourth-order valence-corrected chi connectivity index (χ4v) is 1.79. The van der Waals surface area contributed by atoms with Crippen LogP contribution >= 0.6 is 0 Å². The zero-order valence-electron chi connectivity index (χ0n) is 11.5. The van der Waals surface area contributed by atoms with Crippen LogP contribution in [0.1, 0.15) is 46.0 Å². The highest BCUT2D eigenvalue weighted by atomic mass is 16.5. The average molecular weight is 244 g/mol. The molecule has 0 saturated carbocycles. The van der Waals surface area contributed by atoms with E-state index in [4.69, 9.17) is 10.5 Å². The summed E-state index contributed by atoms with van der Waals surface area (Å²) in [4.78, 5) is 11.6. The van der Waals surface area contributed by atoms with Gasteiger partial charge in [-0.3, -0.25) is 4.79 Å². The van der Waals surface area contributed by atoms with Crippen molar-refractivity contribution < 1.29 is 9.53 Å². The first-order chi connectivity index (χ1) is 8.13. The summed E-state index contributed by atoms with van der Waals surface area (Å²) < 4.78 is 5.11. The van der Waals surface area contributed by atoms with E-state index in [1.165, 1.54) is 0 Å². The summed E-state index contributed by atoms with van der Waals surface area (Å²) in [6.45, 7) is 5.58. The molecule has 2 unspecified atom stereocenters. The van der Waals surface area contributed by atoms with Crippen LogP contribution in [0.15, 0.2) is 0 Å². The van der Waals surface area contributed by atoms with Crippen molar-refractivity contribution in [2.45, 2.75) is 52.1 Å². The van der Waals surface area contributed by atoms with E-state index in [9.17, 15) is 4.79 Å². The zero-order valence-corrected chi connectivity index (χ0v) is 11.5. The van der Waals surface area contributed by atoms with Gasteiger partial charge in [-0.05, 0) is 38.6 Å². The maximum atomic E-state index is 11.6. The number of nitrogens with two attached hydrogens (primary N) is 1. The van der Waals surface area contributed by atoms with E-state index in [2.05, 4.69) is 12.2 Å². The summed E-state index contributed by atoms with van der Waals surface area (Å²) in [5, 5.41) is 2.98. The van der Waals surface area contributed by atoms with E-state index < -0.39 is 0 Å². The Labute approximate surface area is 105 Å². The number of hydrogen-bond donors (Lipinski definition) is 2. The van der Waals surface area contributed by atoms with Crippen molar-refractivity contribution in [2.75, 3.05) is 20.2 Å². The van der Waals surface area contributed by atoms with Gasteiger partial charge >= 0.3 is 0 Å². The number of hydrogen-bond acceptors (Lipinski definition) is 3. The van der Waals surface area contributed by atoms with Gasteiger partial charge in [-0.15, -0.1) is 0 Å². The van der Waals surface area contributed by atoms with Crippen molar-refractivity contribution in [3.8, 4) is 0 Å². The van der Waals surface area contributed by atoms with Crippen molar-refractivity contribution in [1.82, 2.24) is 5.32 Å². The molecule has 0 radical (unpaired) electrons. The van der Waals surface area contributed by atoms with Gasteiger partial charge in [-0.1, -0.05) is 13.3 Å². The summed E-state index contributed by atoms with van der Waals surface area (Å²) >= 11 is 0. The van der Waals surface area contributed by atoms with Gasteiger partial charge in [0.2, 0.25) is 5.91 Å². The quantitative estimate of drug-likeness (QED) is 0.614. The predicted molar refractivity (Wildman–Crippen MR) is 70.8 cm³/mol. The molecule has 3 N–H and O–H groups in total. The fraction of sp³-hybridized carbons (Fsp3) is 0.923. The van der Waals surface area contributed by atoms with Crippen LogP contribution in [0.2, 0.25) is 0 Å². The normalized spacial score (nSPS) is 14.4. The predicted octanol–water partition coefficient (Wildman–Crippen LogP) is 1.68. The van der Waals surface area contributed by atoms with Gasteiger partial charge in [0.15, 0.2) is 0 Å². The summed E-state index contributed by atoms with van der Waals surface area (Å²) in [6.07, 6.45) is 4.72. The summed E-state index contributed by atoms with van der Waals surface area (Å²) in [5.74, 6) is 0.640. The number of carbonyl (C=O) groups excluding carboxylic acids is 1. The standard InChI is InChI=1S/C13H28N2O2/c1-4-5-12(8-9-14)10-15-13(16)7-6-11(2)17-3/h11-12H,4-10,14H2,1-3H3,(H,15,16). The largest absolute Gasteiger partial charge is 0.382 e. The average Bonchev–Trinajstić information content (AvgIpc) is 2.33. The van der Waals surface area contributed by atoms with Crippen LogP contribution in [-0.2, 0) is 9.53 Å². The summed E-state index contributed by atoms with van der Waals surface area (Å²) in [7, 11) is 1.67. The Morgan fingerprint density at radius 3 is 2.59 bits per heavy atom. The summed E-state index contributed by atoms with van der Waals surface area (Å²) in [6, 6.07) is 0. The number of carbonyl (C=O) groups is 1. The molecular formula is C13H28N2O2. The molecule has 2 atom stereocenters. The molecule has 0 aliphatic heterocycles. The van der Waals surface area contributed by atoms with Crippen LogP contribution in [0, 0.1) is 5.92 Å². The second-order valence-electron chi connectivity index (χ2n) is 4.62. The summed E-state index contributed by atoms with van der Waals surface area (Å²) in [5.41, 5.74) is 5.55. The van der Waals surface area contributed by atoms with E-state index >= 15 is 0 Å². The molecule has 0 aromatic carbocycles. The third kappa shape index (κ3) is 9.12. The second-order valence-corrected chi connectivity index (χ2v) is 4.62. The molecule has 102 valence electrons. The molecule has 0 spiro atoms. The Kier molecular flexibility index (Phi) is 10.2. The molecule has 0 aromatic heterocycles. The Hall–Kier alpha value is -0.610. The Balaban J connectivity index is 3.71. The first kappa shape index (κ1) is 16.4. The molecule has 0 aliphatic rings. The highest BCUT2D eigenvalue weighted by molar-refractivity contribution is 5.75. The lowest BCUT2D eigenvalue weighted by Gasteiger charge is -2.16. The van der Waals surface area contributed by atoms with Crippen LogP contribution in [0.3, 0.4) is 0 Å². The Morgan fingerprint density at radius 1 is 1.35 bits per heavy atom. The molecule has 1 amide bonds. The third-order valence-electron chi connectivity index (χ3n) is 3.04. The minimum Gasteiger partial charge on any atom is -0.382 e. The van der Waals surface area contributed by atoms with E-state index in [0.29, 0.717) is 18.9 Å². The molecule has 0 bridgehead atoms. The lowest BCUT2D eigenvalue weighted by molar-refractivity contribution is -0.121. The minimum absolute atomic E-state index is 0.118. The molecule has 0 aliphatic carbocycles. The van der Waals surface area contributed by atoms with E-state index in [0.717, 1.165) is 32.2 Å². The Morgan fingerprint density at radius 2 is 2.06 bits per heavy atom. The maximum absolute atomic E-state index is 11.6. The number of methoxy groups -OCH3 is 1. The zero-order chi connectivity index (χ0) is 13.1. The van der Waals surface area contributed by atoms with Crippen LogP contribution in [0.5, 0.6) is 0 Å². The molecule has 0 heterocycles. The lowest BCUT2D eigenvalue weighted by atomic mass is 10.00. The number of nitrogens with one attached hydrogen (secondary N) is 1. The van der Waals surface area contributed by atoms with E-state index in [-0.39, 0.29) is 12.0 Å². The first-order valence-corrected chi connectivity index (χ1v) is 6.63. The van der Waals surface area contributed by atoms with E-state index in [1.807, 2.05) is 6.92 Å². The van der Waals surface area contributed by atoms with Gasteiger partial charge in [0, 0.05) is 20.1 Å². The van der Waals surface area contributed by atoms with Gasteiger partial charge in [0.1, 0.15) is 0 Å². The number of amides is 1. The van der Waals surface area contributed by atoms with Gasteiger partial charge in [-0.2, -0.15) is 0 Å². The SMILES string of the molecule is CCCC(CCN)CNC(=O)CCC(C)OC. The van der Waals surface area contributed by atoms with Crippen molar-refractivity contribution in [3.05, 3.63) is 0 Å². The molecule has 4 nitrogen and oxygen atoms in total. The Bertz CT molecular complexity index is 192. The monoisotopic (exact) mass is 244 g/mol. The van der Waals surface area contributed by atoms with Crippen LogP contribution in [0.4, 0.5) is 0 Å². The van der Waals surface area contributed by atoms with Gasteiger partial charge in [0.05, 0.1) is 6.10 Å². The fourth-order valence-electron chi connectivity index (χ4n) is 1.79. The molecule has 4 heteroatoms. The molecule has 0 rings (SSSR count). The van der Waals surface area contributed by atoms with E-state index in [1.54, 1.807) is 7.11 Å². The van der Waals surface area contributed by atoms with Crippen molar-refractivity contribution in [1.29, 1.82) is 0 Å². The lowest BCUT2D eigenvalue weighted by Crippen LogP contribution is -2.30. The van der Waals surface area contributed by atoms with Crippen molar-refractivity contribution >= 4 is 5.91 Å². The minimum atomic E-state index is 0.118. The molecule has 0 saturated heterocycles. The molecule has 17 heavy (non-hydrogen) atoms. The molecule has 0 aromatic rings. The van der Waals surface area contributed by atoms with Crippen LogP contribution < -0.4 is 11.1 Å². The number of ether oxygens (including phenoxy) is 1. The topological polar surface area (TPSA) is 64.3 Å². The molecular weight excluding hydrogens is 216 g/mol. The van der Waals surface area contributed by atoms with Gasteiger partial charge in [0.25, 0.3) is 0 Å². The van der Waals surface area contributed by atoms with Crippen molar-refractivity contribution in [2.24, 2.45) is 11.7 Å². The van der Waals surface area contributed by atoms with Crippen LogP contribution in [0.25, 0.3) is 0 Å². The first-order valence-electron chi connectivity index (χ1n) is 6.63.